The summed E-state index contributed by atoms with van der Waals surface area (Å²) >= 11 is 1.46. The highest BCUT2D eigenvalue weighted by Crippen LogP contribution is 2.30. The maximum Gasteiger partial charge on any atom is 0.282 e. The van der Waals surface area contributed by atoms with Crippen LogP contribution in [0.3, 0.4) is 0 Å². The van der Waals surface area contributed by atoms with E-state index in [4.69, 9.17) is 0 Å². The summed E-state index contributed by atoms with van der Waals surface area (Å²) in [5.74, 6) is -0.289. The summed E-state index contributed by atoms with van der Waals surface area (Å²) in [5, 5.41) is 9.45. The van der Waals surface area contributed by atoms with Gasteiger partial charge in [0.05, 0.1) is 22.0 Å². The van der Waals surface area contributed by atoms with Gasteiger partial charge in [0.2, 0.25) is 10.0 Å². The fourth-order valence-corrected chi connectivity index (χ4v) is 5.26. The Labute approximate surface area is 197 Å². The lowest BCUT2D eigenvalue weighted by Gasteiger charge is -2.15. The van der Waals surface area contributed by atoms with Crippen LogP contribution < -0.4 is 0 Å². The van der Waals surface area contributed by atoms with E-state index in [9.17, 15) is 13.2 Å². The third-order valence-electron chi connectivity index (χ3n) is 5.02. The number of rotatable bonds is 5. The lowest BCUT2D eigenvalue weighted by molar-refractivity contribution is 0.0848. The summed E-state index contributed by atoms with van der Waals surface area (Å²) < 4.78 is 26.1. The molecule has 1 saturated heterocycles. The van der Waals surface area contributed by atoms with E-state index in [0.29, 0.717) is 23.1 Å². The molecule has 0 spiro atoms. The van der Waals surface area contributed by atoms with Gasteiger partial charge in [0, 0.05) is 25.9 Å². The number of carbonyl (C=O) groups excluding carboxylic acids is 1. The van der Waals surface area contributed by atoms with Crippen molar-refractivity contribution in [2.75, 3.05) is 20.6 Å². The van der Waals surface area contributed by atoms with E-state index >= 15 is 0 Å². The number of sulfonamides is 1. The second kappa shape index (κ2) is 9.08. The predicted molar refractivity (Wildman–Crippen MR) is 129 cm³/mol. The maximum absolute atomic E-state index is 13.4. The molecular weight excluding hydrogens is 460 g/mol. The van der Waals surface area contributed by atoms with Gasteiger partial charge in [-0.05, 0) is 37.3 Å². The van der Waals surface area contributed by atoms with Gasteiger partial charge in [0.25, 0.3) is 5.91 Å². The smallest absolute Gasteiger partial charge is 0.282 e. The van der Waals surface area contributed by atoms with Gasteiger partial charge >= 0.3 is 0 Å². The molecule has 11 heteroatoms. The van der Waals surface area contributed by atoms with Gasteiger partial charge in [-0.1, -0.05) is 43.0 Å². The molecule has 0 N–H and O–H groups in total. The van der Waals surface area contributed by atoms with Crippen molar-refractivity contribution in [2.45, 2.75) is 24.0 Å². The largest absolute Gasteiger partial charge is 0.285 e. The highest BCUT2D eigenvalue weighted by atomic mass is 32.2. The molecule has 0 radical (unpaired) electrons. The SMILES string of the molecule is Cc1nn(-c2ccccc2)nc1C(=O)N1CC(C)SC1=Nc1cccc(S(=O)(=O)N(C)C)c1. The van der Waals surface area contributed by atoms with Gasteiger partial charge in [-0.15, -0.1) is 5.10 Å². The number of amidine groups is 1. The first-order chi connectivity index (χ1) is 15.7. The second-order valence-corrected chi connectivity index (χ2v) is 11.3. The number of amides is 1. The van der Waals surface area contributed by atoms with Gasteiger partial charge in [-0.2, -0.15) is 9.90 Å². The molecule has 1 unspecified atom stereocenters. The molecule has 9 nitrogen and oxygen atoms in total. The minimum atomic E-state index is -3.59. The van der Waals surface area contributed by atoms with E-state index in [1.165, 1.54) is 42.8 Å². The highest BCUT2D eigenvalue weighted by molar-refractivity contribution is 8.14. The minimum Gasteiger partial charge on any atom is -0.285 e. The molecule has 1 atom stereocenters. The van der Waals surface area contributed by atoms with Crippen molar-refractivity contribution in [3.05, 3.63) is 66.0 Å². The lowest BCUT2D eigenvalue weighted by Crippen LogP contribution is -2.33. The summed E-state index contributed by atoms with van der Waals surface area (Å²) in [6.07, 6.45) is 0. The quantitative estimate of drug-likeness (QED) is 0.552. The van der Waals surface area contributed by atoms with E-state index in [-0.39, 0.29) is 21.7 Å². The van der Waals surface area contributed by atoms with Crippen LogP contribution in [0.2, 0.25) is 0 Å². The number of hydrogen-bond donors (Lipinski definition) is 0. The van der Waals surface area contributed by atoms with Crippen molar-refractivity contribution in [2.24, 2.45) is 4.99 Å². The fraction of sp³-hybridized carbons (Fsp3) is 0.273. The molecular formula is C22H24N6O3S2. The van der Waals surface area contributed by atoms with Crippen molar-refractivity contribution in [3.63, 3.8) is 0 Å². The topological polar surface area (TPSA) is 101 Å². The van der Waals surface area contributed by atoms with E-state index in [1.807, 2.05) is 37.3 Å². The predicted octanol–water partition coefficient (Wildman–Crippen LogP) is 3.09. The maximum atomic E-state index is 13.4. The van der Waals surface area contributed by atoms with E-state index in [2.05, 4.69) is 15.2 Å². The Morgan fingerprint density at radius 3 is 2.55 bits per heavy atom. The molecule has 1 fully saturated rings. The van der Waals surface area contributed by atoms with Crippen LogP contribution in [0.1, 0.15) is 23.1 Å². The Balaban J connectivity index is 1.66. The van der Waals surface area contributed by atoms with E-state index < -0.39 is 10.0 Å². The second-order valence-electron chi connectivity index (χ2n) is 7.78. The van der Waals surface area contributed by atoms with E-state index in [0.717, 1.165) is 9.99 Å². The number of para-hydroxylation sites is 1. The molecule has 1 aliphatic heterocycles. The summed E-state index contributed by atoms with van der Waals surface area (Å²) in [6.45, 7) is 4.22. The summed E-state index contributed by atoms with van der Waals surface area (Å²) in [6, 6.07) is 15.8. The lowest BCUT2D eigenvalue weighted by atomic mass is 10.3. The van der Waals surface area contributed by atoms with Gasteiger partial charge in [-0.3, -0.25) is 9.69 Å². The molecule has 1 aromatic heterocycles. The monoisotopic (exact) mass is 484 g/mol. The Morgan fingerprint density at radius 2 is 1.85 bits per heavy atom. The summed E-state index contributed by atoms with van der Waals surface area (Å²) in [4.78, 5) is 21.2. The van der Waals surface area contributed by atoms with Crippen molar-refractivity contribution in [3.8, 4) is 5.69 Å². The van der Waals surface area contributed by atoms with Crippen molar-refractivity contribution in [1.29, 1.82) is 0 Å². The van der Waals surface area contributed by atoms with Crippen LogP contribution in [-0.4, -0.2) is 69.6 Å². The van der Waals surface area contributed by atoms with Crippen LogP contribution in [0.15, 0.2) is 64.5 Å². The highest BCUT2D eigenvalue weighted by Gasteiger charge is 2.34. The van der Waals surface area contributed by atoms with Crippen molar-refractivity contribution in [1.82, 2.24) is 24.2 Å². The molecule has 2 heterocycles. The summed E-state index contributed by atoms with van der Waals surface area (Å²) in [5.41, 5.74) is 1.99. The van der Waals surface area contributed by atoms with Crippen molar-refractivity contribution < 1.29 is 13.2 Å². The van der Waals surface area contributed by atoms with Gasteiger partial charge in [-0.25, -0.2) is 17.7 Å². The number of aromatic nitrogens is 3. The molecule has 1 amide bonds. The van der Waals surface area contributed by atoms with Crippen LogP contribution >= 0.6 is 11.8 Å². The first-order valence-corrected chi connectivity index (χ1v) is 12.6. The average Bonchev–Trinajstić information content (AvgIpc) is 3.36. The molecule has 33 heavy (non-hydrogen) atoms. The molecule has 0 aliphatic carbocycles. The molecule has 2 aromatic carbocycles. The Kier molecular flexibility index (Phi) is 6.37. The van der Waals surface area contributed by atoms with Crippen molar-refractivity contribution >= 4 is 38.5 Å². The van der Waals surface area contributed by atoms with Gasteiger partial charge in [0.15, 0.2) is 10.9 Å². The zero-order chi connectivity index (χ0) is 23.8. The third kappa shape index (κ3) is 4.70. The number of hydrogen-bond acceptors (Lipinski definition) is 7. The number of aryl methyl sites for hydroxylation is 1. The van der Waals surface area contributed by atoms with E-state index in [1.54, 1.807) is 24.0 Å². The molecule has 4 rings (SSSR count). The van der Waals surface area contributed by atoms with Gasteiger partial charge in [0.1, 0.15) is 0 Å². The number of aliphatic imine (C=N–C) groups is 1. The van der Waals surface area contributed by atoms with Crippen LogP contribution in [0.5, 0.6) is 0 Å². The molecule has 1 aliphatic rings. The molecule has 172 valence electrons. The summed E-state index contributed by atoms with van der Waals surface area (Å²) in [7, 11) is -0.630. The zero-order valence-corrected chi connectivity index (χ0v) is 20.3. The number of thioether (sulfide) groups is 1. The minimum absolute atomic E-state index is 0.130. The standard InChI is InChI=1S/C22H24N6O3S2/c1-15-14-27(21(29)20-16(2)24-28(25-20)18-10-6-5-7-11-18)22(32-15)23-17-9-8-12-19(13-17)33(30,31)26(3)4/h5-13,15H,14H2,1-4H3. The average molecular weight is 485 g/mol. The zero-order valence-electron chi connectivity index (χ0n) is 18.7. The van der Waals surface area contributed by atoms with Crippen LogP contribution in [0.25, 0.3) is 5.69 Å². The van der Waals surface area contributed by atoms with Crippen LogP contribution in [-0.2, 0) is 10.0 Å². The Hall–Kier alpha value is -3.02. The molecule has 0 saturated carbocycles. The molecule has 0 bridgehead atoms. The Morgan fingerprint density at radius 1 is 1.12 bits per heavy atom. The third-order valence-corrected chi connectivity index (χ3v) is 7.90. The number of carbonyl (C=O) groups is 1. The fourth-order valence-electron chi connectivity index (χ4n) is 3.29. The Bertz CT molecular complexity index is 1320. The normalized spacial score (nSPS) is 17.8. The number of nitrogens with zero attached hydrogens (tertiary/aromatic N) is 6. The van der Waals surface area contributed by atoms with Gasteiger partial charge < -0.3 is 0 Å². The first-order valence-electron chi connectivity index (χ1n) is 10.3. The molecule has 3 aromatic rings. The van der Waals surface area contributed by atoms with Crippen LogP contribution in [0, 0.1) is 6.92 Å². The first kappa shape index (κ1) is 23.1. The van der Waals surface area contributed by atoms with Crippen LogP contribution in [0.4, 0.5) is 5.69 Å². The number of benzene rings is 2.